The van der Waals surface area contributed by atoms with Gasteiger partial charge < -0.3 is 5.11 Å². The third-order valence-corrected chi connectivity index (χ3v) is 2.19. The van der Waals surface area contributed by atoms with Crippen molar-refractivity contribution in [3.63, 3.8) is 0 Å². The lowest BCUT2D eigenvalue weighted by Crippen LogP contribution is -2.31. The number of imidazole rings is 1. The molecule has 0 aliphatic heterocycles. The molecule has 0 amide bonds. The van der Waals surface area contributed by atoms with E-state index in [0.29, 0.717) is 6.54 Å². The summed E-state index contributed by atoms with van der Waals surface area (Å²) >= 11 is 0. The Bertz CT molecular complexity index is 436. The Kier molecular flexibility index (Phi) is 2.78. The molecule has 0 saturated carbocycles. The van der Waals surface area contributed by atoms with E-state index in [1.165, 1.54) is 12.1 Å². The summed E-state index contributed by atoms with van der Waals surface area (Å²) in [6.45, 7) is 0.660. The van der Waals surface area contributed by atoms with Crippen molar-refractivity contribution in [3.05, 3.63) is 53.9 Å². The Hall–Kier alpha value is -1.68. The molecule has 15 heavy (non-hydrogen) atoms. The van der Waals surface area contributed by atoms with Crippen molar-refractivity contribution in [1.29, 1.82) is 0 Å². The highest BCUT2D eigenvalue weighted by molar-refractivity contribution is 5.14. The molecule has 0 bridgehead atoms. The van der Waals surface area contributed by atoms with Crippen LogP contribution in [0.3, 0.4) is 0 Å². The highest BCUT2D eigenvalue weighted by atomic mass is 19.1. The maximum Gasteiger partial charge on any atom is 0.242 e. The van der Waals surface area contributed by atoms with Crippen LogP contribution >= 0.6 is 0 Å². The number of hydrogen-bond donors (Lipinski definition) is 2. The molecule has 0 spiro atoms. The second-order valence-corrected chi connectivity index (χ2v) is 3.38. The highest BCUT2D eigenvalue weighted by Gasteiger charge is 2.04. The van der Waals surface area contributed by atoms with E-state index in [0.717, 1.165) is 11.3 Å². The van der Waals surface area contributed by atoms with Crippen LogP contribution in [0.5, 0.6) is 0 Å². The van der Waals surface area contributed by atoms with E-state index in [-0.39, 0.29) is 12.4 Å². The Morgan fingerprint density at radius 3 is 2.60 bits per heavy atom. The number of aromatic amines is 1. The summed E-state index contributed by atoms with van der Waals surface area (Å²) in [6.07, 6.45) is 3.60. The van der Waals surface area contributed by atoms with Gasteiger partial charge >= 0.3 is 0 Å². The minimum atomic E-state index is -0.228. The molecule has 2 N–H and O–H groups in total. The van der Waals surface area contributed by atoms with E-state index < -0.39 is 0 Å². The van der Waals surface area contributed by atoms with Crippen LogP contribution in [0.4, 0.5) is 4.39 Å². The number of benzene rings is 1. The number of halogens is 1. The van der Waals surface area contributed by atoms with Crippen LogP contribution in [0, 0.1) is 5.82 Å². The molecule has 1 aromatic carbocycles. The lowest BCUT2D eigenvalue weighted by Gasteiger charge is -1.96. The largest absolute Gasteiger partial charge is 0.388 e. The van der Waals surface area contributed by atoms with Crippen molar-refractivity contribution in [3.8, 4) is 0 Å². The maximum atomic E-state index is 12.6. The van der Waals surface area contributed by atoms with Crippen molar-refractivity contribution in [1.82, 2.24) is 4.98 Å². The first-order valence-corrected chi connectivity index (χ1v) is 4.69. The zero-order valence-electron chi connectivity index (χ0n) is 8.15. The molecule has 2 aromatic rings. The van der Waals surface area contributed by atoms with Crippen molar-refractivity contribution in [2.24, 2.45) is 0 Å². The van der Waals surface area contributed by atoms with Gasteiger partial charge in [0.15, 0.2) is 5.69 Å². The molecule has 0 radical (unpaired) electrons. The number of nitrogens with zero attached hydrogens (tertiary/aromatic N) is 1. The van der Waals surface area contributed by atoms with Crippen LogP contribution in [0.25, 0.3) is 0 Å². The highest BCUT2D eigenvalue weighted by Crippen LogP contribution is 2.02. The first-order chi connectivity index (χ1) is 7.28. The van der Waals surface area contributed by atoms with E-state index in [1.54, 1.807) is 18.5 Å². The van der Waals surface area contributed by atoms with Gasteiger partial charge in [0, 0.05) is 0 Å². The summed E-state index contributed by atoms with van der Waals surface area (Å²) in [7, 11) is 0. The lowest BCUT2D eigenvalue weighted by atomic mass is 10.2. The molecular weight excluding hydrogens is 195 g/mol. The van der Waals surface area contributed by atoms with Crippen LogP contribution in [0.1, 0.15) is 11.3 Å². The third kappa shape index (κ3) is 2.41. The number of nitrogens with one attached hydrogen (secondary N) is 1. The monoisotopic (exact) mass is 207 g/mol. The number of aromatic nitrogens is 2. The third-order valence-electron chi connectivity index (χ3n) is 2.19. The molecular formula is C11H12FN2O+. The van der Waals surface area contributed by atoms with Gasteiger partial charge in [-0.2, -0.15) is 0 Å². The number of hydrogen-bond acceptors (Lipinski definition) is 1. The van der Waals surface area contributed by atoms with Gasteiger partial charge in [0.1, 0.15) is 25.2 Å². The van der Waals surface area contributed by atoms with Gasteiger partial charge in [0.2, 0.25) is 6.33 Å². The lowest BCUT2D eigenvalue weighted by molar-refractivity contribution is -0.687. The van der Waals surface area contributed by atoms with E-state index in [2.05, 4.69) is 4.98 Å². The molecule has 0 saturated heterocycles. The second-order valence-electron chi connectivity index (χ2n) is 3.38. The zero-order valence-corrected chi connectivity index (χ0v) is 8.15. The van der Waals surface area contributed by atoms with Gasteiger partial charge in [0.25, 0.3) is 0 Å². The molecule has 0 unspecified atom stereocenters. The molecule has 3 nitrogen and oxygen atoms in total. The molecule has 4 heteroatoms. The Labute approximate surface area is 86.8 Å². The van der Waals surface area contributed by atoms with Crippen LogP contribution in [-0.2, 0) is 13.2 Å². The summed E-state index contributed by atoms with van der Waals surface area (Å²) in [6, 6.07) is 6.37. The Balaban J connectivity index is 2.11. The summed E-state index contributed by atoms with van der Waals surface area (Å²) in [5, 5.41) is 8.86. The van der Waals surface area contributed by atoms with Gasteiger partial charge in [0.05, 0.1) is 0 Å². The summed E-state index contributed by atoms with van der Waals surface area (Å²) in [4.78, 5) is 2.93. The number of H-pyrrole nitrogens is 1. The molecule has 0 aliphatic carbocycles. The topological polar surface area (TPSA) is 39.9 Å². The van der Waals surface area contributed by atoms with Crippen LogP contribution in [0.2, 0.25) is 0 Å². The van der Waals surface area contributed by atoms with Gasteiger partial charge in [-0.1, -0.05) is 12.1 Å². The summed E-state index contributed by atoms with van der Waals surface area (Å²) in [5.41, 5.74) is 1.78. The first-order valence-electron chi connectivity index (χ1n) is 4.69. The predicted molar refractivity (Wildman–Crippen MR) is 52.4 cm³/mol. The quantitative estimate of drug-likeness (QED) is 0.724. The minimum Gasteiger partial charge on any atom is -0.388 e. The Morgan fingerprint density at radius 2 is 2.00 bits per heavy atom. The van der Waals surface area contributed by atoms with Gasteiger partial charge in [-0.25, -0.2) is 13.9 Å². The second kappa shape index (κ2) is 4.23. The van der Waals surface area contributed by atoms with Crippen LogP contribution in [-0.4, -0.2) is 10.1 Å². The molecule has 0 atom stereocenters. The fourth-order valence-electron chi connectivity index (χ4n) is 1.42. The Morgan fingerprint density at radius 1 is 1.27 bits per heavy atom. The maximum absolute atomic E-state index is 12.6. The zero-order chi connectivity index (χ0) is 10.7. The average molecular weight is 207 g/mol. The minimum absolute atomic E-state index is 0.00355. The smallest absolute Gasteiger partial charge is 0.242 e. The van der Waals surface area contributed by atoms with E-state index >= 15 is 0 Å². The molecule has 1 aromatic heterocycles. The van der Waals surface area contributed by atoms with Crippen molar-refractivity contribution >= 4 is 0 Å². The van der Waals surface area contributed by atoms with Crippen molar-refractivity contribution in [2.75, 3.05) is 0 Å². The fraction of sp³-hybridized carbons (Fsp3) is 0.182. The normalized spacial score (nSPS) is 10.5. The molecule has 0 aliphatic rings. The molecule has 2 rings (SSSR count). The van der Waals surface area contributed by atoms with E-state index in [9.17, 15) is 4.39 Å². The van der Waals surface area contributed by atoms with Gasteiger partial charge in [-0.15, -0.1) is 0 Å². The molecule has 78 valence electrons. The summed E-state index contributed by atoms with van der Waals surface area (Å²) < 4.78 is 14.5. The number of aliphatic hydroxyl groups is 1. The van der Waals surface area contributed by atoms with Crippen LogP contribution < -0.4 is 4.57 Å². The fourth-order valence-corrected chi connectivity index (χ4v) is 1.42. The SMILES string of the molecule is OCc1c[n+](Cc2ccc(F)cc2)c[nH]1. The van der Waals surface area contributed by atoms with Crippen molar-refractivity contribution < 1.29 is 14.1 Å². The summed E-state index contributed by atoms with van der Waals surface area (Å²) in [5.74, 6) is -0.228. The molecule has 1 heterocycles. The first kappa shape index (κ1) is 9.86. The van der Waals surface area contributed by atoms with Crippen molar-refractivity contribution in [2.45, 2.75) is 13.2 Å². The molecule has 0 fully saturated rings. The van der Waals surface area contributed by atoms with Gasteiger partial charge in [-0.3, -0.25) is 0 Å². The van der Waals surface area contributed by atoms with Crippen LogP contribution in [0.15, 0.2) is 36.8 Å². The average Bonchev–Trinajstić information content (AvgIpc) is 2.69. The van der Waals surface area contributed by atoms with Gasteiger partial charge in [-0.05, 0) is 17.7 Å². The standard InChI is InChI=1S/C11H11FN2O/c12-10-3-1-9(2-4-10)5-14-6-11(7-15)13-8-14/h1-4,6,8,15H,5,7H2/p+1. The predicted octanol–water partition coefficient (Wildman–Crippen LogP) is 0.982. The van der Waals surface area contributed by atoms with E-state index in [1.807, 2.05) is 10.8 Å². The van der Waals surface area contributed by atoms with E-state index in [4.69, 9.17) is 5.11 Å². The number of rotatable bonds is 3. The number of aliphatic hydroxyl groups excluding tert-OH is 1.